The Labute approximate surface area is 123 Å². The molecule has 0 bridgehead atoms. The molecular formula is C17H18N2O2. The number of carbonyl (C=O) groups is 2. The van der Waals surface area contributed by atoms with Gasteiger partial charge in [-0.15, -0.1) is 0 Å². The van der Waals surface area contributed by atoms with Gasteiger partial charge in [-0.1, -0.05) is 38.1 Å². The maximum atomic E-state index is 12.5. The Kier molecular flexibility index (Phi) is 3.37. The maximum absolute atomic E-state index is 12.5. The Morgan fingerprint density at radius 3 is 2.62 bits per heavy atom. The topological polar surface area (TPSA) is 49.4 Å². The van der Waals surface area contributed by atoms with E-state index in [1.165, 1.54) is 0 Å². The smallest absolute Gasteiger partial charge is 0.259 e. The summed E-state index contributed by atoms with van der Waals surface area (Å²) in [7, 11) is 0. The zero-order chi connectivity index (χ0) is 15.0. The summed E-state index contributed by atoms with van der Waals surface area (Å²) < 4.78 is 0. The Morgan fingerprint density at radius 2 is 1.90 bits per heavy atom. The zero-order valence-electron chi connectivity index (χ0n) is 12.2. The minimum atomic E-state index is -0.123. The van der Waals surface area contributed by atoms with Crippen molar-refractivity contribution >= 4 is 28.3 Å². The molecular weight excluding hydrogens is 264 g/mol. The fraction of sp³-hybridized carbons (Fsp3) is 0.294. The van der Waals surface area contributed by atoms with Gasteiger partial charge in [0.1, 0.15) is 6.54 Å². The summed E-state index contributed by atoms with van der Waals surface area (Å²) in [6.07, 6.45) is 0. The molecule has 0 aromatic heterocycles. The maximum Gasteiger partial charge on any atom is 0.259 e. The van der Waals surface area contributed by atoms with Crippen LogP contribution in [-0.2, 0) is 4.79 Å². The second-order valence-corrected chi connectivity index (χ2v) is 5.77. The fourth-order valence-corrected chi connectivity index (χ4v) is 2.65. The predicted octanol–water partition coefficient (Wildman–Crippen LogP) is 2.57. The quantitative estimate of drug-likeness (QED) is 0.937. The van der Waals surface area contributed by atoms with E-state index in [1.54, 1.807) is 4.90 Å². The first kappa shape index (κ1) is 13.6. The lowest BCUT2D eigenvalue weighted by molar-refractivity contribution is -0.119. The molecule has 21 heavy (non-hydrogen) atoms. The normalized spacial score (nSPS) is 13.3. The summed E-state index contributed by atoms with van der Waals surface area (Å²) >= 11 is 0. The van der Waals surface area contributed by atoms with Gasteiger partial charge in [0.25, 0.3) is 5.91 Å². The first-order valence-corrected chi connectivity index (χ1v) is 7.18. The van der Waals surface area contributed by atoms with Crippen LogP contribution in [0.4, 0.5) is 5.69 Å². The number of anilines is 1. The average molecular weight is 282 g/mol. The van der Waals surface area contributed by atoms with Crippen LogP contribution in [0.2, 0.25) is 0 Å². The third kappa shape index (κ3) is 2.37. The number of nitrogens with zero attached hydrogens (tertiary/aromatic N) is 1. The largest absolute Gasteiger partial charge is 0.354 e. The van der Waals surface area contributed by atoms with E-state index >= 15 is 0 Å². The summed E-state index contributed by atoms with van der Waals surface area (Å²) in [5.41, 5.74) is 1.51. The van der Waals surface area contributed by atoms with Crippen LogP contribution in [0, 0.1) is 5.92 Å². The zero-order valence-corrected chi connectivity index (χ0v) is 12.2. The molecule has 0 saturated carbocycles. The van der Waals surface area contributed by atoms with Crippen molar-refractivity contribution in [1.29, 1.82) is 0 Å². The summed E-state index contributed by atoms with van der Waals surface area (Å²) in [6, 6.07) is 11.5. The van der Waals surface area contributed by atoms with Gasteiger partial charge in [-0.25, -0.2) is 0 Å². The molecule has 1 heterocycles. The van der Waals surface area contributed by atoms with Gasteiger partial charge in [0.2, 0.25) is 5.91 Å². The van der Waals surface area contributed by atoms with Gasteiger partial charge < -0.3 is 5.32 Å². The molecule has 108 valence electrons. The number of hydrogen-bond acceptors (Lipinski definition) is 2. The molecule has 4 heteroatoms. The molecule has 0 atom stereocenters. The number of benzene rings is 2. The summed E-state index contributed by atoms with van der Waals surface area (Å²) in [6.45, 7) is 4.77. The van der Waals surface area contributed by atoms with Gasteiger partial charge in [0.05, 0.1) is 5.69 Å². The van der Waals surface area contributed by atoms with E-state index in [0.29, 0.717) is 18.0 Å². The number of amides is 2. The molecule has 2 aromatic rings. The van der Waals surface area contributed by atoms with Crippen LogP contribution >= 0.6 is 0 Å². The highest BCUT2D eigenvalue weighted by molar-refractivity contribution is 6.26. The van der Waals surface area contributed by atoms with Crippen molar-refractivity contribution in [3.8, 4) is 0 Å². The Morgan fingerprint density at radius 1 is 1.19 bits per heavy atom. The molecule has 0 radical (unpaired) electrons. The van der Waals surface area contributed by atoms with E-state index in [9.17, 15) is 9.59 Å². The minimum Gasteiger partial charge on any atom is -0.354 e. The van der Waals surface area contributed by atoms with E-state index in [-0.39, 0.29) is 18.4 Å². The van der Waals surface area contributed by atoms with Crippen molar-refractivity contribution < 1.29 is 9.59 Å². The van der Waals surface area contributed by atoms with E-state index in [1.807, 2.05) is 50.2 Å². The molecule has 4 nitrogen and oxygen atoms in total. The second-order valence-electron chi connectivity index (χ2n) is 5.77. The molecule has 0 aliphatic carbocycles. The van der Waals surface area contributed by atoms with Gasteiger partial charge in [-0.2, -0.15) is 0 Å². The highest BCUT2D eigenvalue weighted by atomic mass is 16.2. The van der Waals surface area contributed by atoms with Crippen molar-refractivity contribution in [2.45, 2.75) is 13.8 Å². The standard InChI is InChI=1S/C17H18N2O2/c1-11(2)9-18-15(20)10-19-14-8-4-6-12-5-3-7-13(16(12)14)17(19)21/h3-8,11H,9-10H2,1-2H3,(H,18,20). The molecule has 1 aliphatic rings. The number of hydrogen-bond donors (Lipinski definition) is 1. The number of carbonyl (C=O) groups excluding carboxylic acids is 2. The Bertz CT molecular complexity index is 717. The van der Waals surface area contributed by atoms with Gasteiger partial charge in [-0.3, -0.25) is 14.5 Å². The molecule has 0 spiro atoms. The minimum absolute atomic E-state index is 0.0688. The summed E-state index contributed by atoms with van der Waals surface area (Å²) in [5.74, 6) is 0.173. The molecule has 0 unspecified atom stereocenters. The van der Waals surface area contributed by atoms with Gasteiger partial charge >= 0.3 is 0 Å². The monoisotopic (exact) mass is 282 g/mol. The molecule has 1 N–H and O–H groups in total. The van der Waals surface area contributed by atoms with Crippen molar-refractivity contribution in [1.82, 2.24) is 5.32 Å². The first-order valence-electron chi connectivity index (χ1n) is 7.18. The van der Waals surface area contributed by atoms with E-state index in [2.05, 4.69) is 5.32 Å². The molecule has 3 rings (SSSR count). The fourth-order valence-electron chi connectivity index (χ4n) is 2.65. The predicted molar refractivity (Wildman–Crippen MR) is 83.5 cm³/mol. The SMILES string of the molecule is CC(C)CNC(=O)CN1C(=O)c2cccc3cccc1c23. The molecule has 2 amide bonds. The molecule has 1 aliphatic heterocycles. The average Bonchev–Trinajstić information content (AvgIpc) is 2.73. The van der Waals surface area contributed by atoms with Crippen LogP contribution in [0.25, 0.3) is 10.8 Å². The van der Waals surface area contributed by atoms with Gasteiger partial charge in [0, 0.05) is 17.5 Å². The molecule has 2 aromatic carbocycles. The van der Waals surface area contributed by atoms with Crippen molar-refractivity contribution in [3.63, 3.8) is 0 Å². The van der Waals surface area contributed by atoms with Crippen molar-refractivity contribution in [3.05, 3.63) is 42.0 Å². The lowest BCUT2D eigenvalue weighted by atomic mass is 10.1. The lowest BCUT2D eigenvalue weighted by Gasteiger charge is -2.17. The van der Waals surface area contributed by atoms with E-state index in [0.717, 1.165) is 16.5 Å². The van der Waals surface area contributed by atoms with Gasteiger partial charge in [-0.05, 0) is 23.4 Å². The number of nitrogens with one attached hydrogen (secondary N) is 1. The Balaban J connectivity index is 1.88. The lowest BCUT2D eigenvalue weighted by Crippen LogP contribution is -2.40. The van der Waals surface area contributed by atoms with Crippen LogP contribution in [0.3, 0.4) is 0 Å². The molecule has 0 saturated heterocycles. The van der Waals surface area contributed by atoms with Crippen LogP contribution in [0.1, 0.15) is 24.2 Å². The Hall–Kier alpha value is -2.36. The first-order chi connectivity index (χ1) is 10.1. The van der Waals surface area contributed by atoms with E-state index in [4.69, 9.17) is 0 Å². The van der Waals surface area contributed by atoms with Crippen LogP contribution in [0.5, 0.6) is 0 Å². The third-order valence-electron chi connectivity index (χ3n) is 3.66. The molecule has 0 fully saturated rings. The van der Waals surface area contributed by atoms with Crippen molar-refractivity contribution in [2.75, 3.05) is 18.0 Å². The highest BCUT2D eigenvalue weighted by Gasteiger charge is 2.30. The second kappa shape index (κ2) is 5.20. The van der Waals surface area contributed by atoms with Crippen LogP contribution in [-0.4, -0.2) is 24.9 Å². The summed E-state index contributed by atoms with van der Waals surface area (Å²) in [5, 5.41) is 4.83. The number of rotatable bonds is 4. The summed E-state index contributed by atoms with van der Waals surface area (Å²) in [4.78, 5) is 26.1. The van der Waals surface area contributed by atoms with Gasteiger partial charge in [0.15, 0.2) is 0 Å². The third-order valence-corrected chi connectivity index (χ3v) is 3.66. The van der Waals surface area contributed by atoms with E-state index < -0.39 is 0 Å². The van der Waals surface area contributed by atoms with Crippen molar-refractivity contribution in [2.24, 2.45) is 5.92 Å². The van der Waals surface area contributed by atoms with Crippen LogP contribution < -0.4 is 10.2 Å². The highest BCUT2D eigenvalue weighted by Crippen LogP contribution is 2.36. The van der Waals surface area contributed by atoms with Crippen LogP contribution in [0.15, 0.2) is 36.4 Å².